The fraction of sp³-hybridized carbons (Fsp3) is 0.533. The highest BCUT2D eigenvalue weighted by Crippen LogP contribution is 2.38. The Morgan fingerprint density at radius 2 is 2.30 bits per heavy atom. The second-order valence-electron chi connectivity index (χ2n) is 5.71. The molecule has 1 saturated carbocycles. The van der Waals surface area contributed by atoms with Crippen LogP contribution in [0.5, 0.6) is 0 Å². The summed E-state index contributed by atoms with van der Waals surface area (Å²) in [6.07, 6.45) is 4.03. The number of nitrogens with two attached hydrogens (primary N) is 1. The number of nitrogen functional groups attached to an aromatic ring is 1. The van der Waals surface area contributed by atoms with E-state index in [2.05, 4.69) is 22.0 Å². The van der Waals surface area contributed by atoms with Crippen LogP contribution in [0, 0.1) is 6.92 Å². The molecule has 0 bridgehead atoms. The van der Waals surface area contributed by atoms with Gasteiger partial charge in [-0.05, 0) is 38.3 Å². The molecule has 106 valence electrons. The number of morpholine rings is 1. The first kappa shape index (κ1) is 12.4. The van der Waals surface area contributed by atoms with E-state index < -0.39 is 0 Å². The van der Waals surface area contributed by atoms with Crippen molar-refractivity contribution in [2.75, 3.05) is 23.8 Å². The third-order valence-corrected chi connectivity index (χ3v) is 5.37. The smallest absolute Gasteiger partial charge is 0.0907 e. The van der Waals surface area contributed by atoms with Crippen LogP contribution in [0.3, 0.4) is 0 Å². The lowest BCUT2D eigenvalue weighted by molar-refractivity contribution is 0.0257. The zero-order valence-electron chi connectivity index (χ0n) is 11.6. The van der Waals surface area contributed by atoms with E-state index in [1.165, 1.54) is 24.0 Å². The van der Waals surface area contributed by atoms with Gasteiger partial charge in [0.1, 0.15) is 0 Å². The Labute approximate surface area is 122 Å². The number of aryl methyl sites for hydroxylation is 1. The van der Waals surface area contributed by atoms with Crippen molar-refractivity contribution < 1.29 is 4.74 Å². The molecule has 2 fully saturated rings. The van der Waals surface area contributed by atoms with Crippen molar-refractivity contribution >= 4 is 32.9 Å². The number of thiazole rings is 1. The minimum absolute atomic E-state index is 0.385. The van der Waals surface area contributed by atoms with E-state index in [-0.39, 0.29) is 0 Å². The van der Waals surface area contributed by atoms with Gasteiger partial charge in [-0.15, -0.1) is 11.3 Å². The van der Waals surface area contributed by atoms with Crippen molar-refractivity contribution in [3.63, 3.8) is 0 Å². The Hall–Kier alpha value is -1.33. The van der Waals surface area contributed by atoms with Crippen LogP contribution >= 0.6 is 11.3 Å². The maximum Gasteiger partial charge on any atom is 0.0907 e. The van der Waals surface area contributed by atoms with Crippen LogP contribution < -0.4 is 10.6 Å². The molecule has 1 aliphatic heterocycles. The lowest BCUT2D eigenvalue weighted by atomic mass is 10.1. The minimum Gasteiger partial charge on any atom is -0.397 e. The molecule has 0 spiro atoms. The normalized spacial score (nSPS) is 26.1. The Bertz CT molecular complexity index is 654. The number of anilines is 2. The van der Waals surface area contributed by atoms with Gasteiger partial charge in [0, 0.05) is 6.54 Å². The first-order valence-electron chi connectivity index (χ1n) is 7.27. The molecule has 2 aromatic rings. The van der Waals surface area contributed by atoms with Gasteiger partial charge in [-0.25, -0.2) is 4.98 Å². The highest BCUT2D eigenvalue weighted by molar-refractivity contribution is 7.18. The molecular formula is C15H19N3OS. The second-order valence-corrected chi connectivity index (χ2v) is 6.95. The van der Waals surface area contributed by atoms with Crippen molar-refractivity contribution in [2.45, 2.75) is 38.3 Å². The molecule has 2 aliphatic rings. The summed E-state index contributed by atoms with van der Waals surface area (Å²) in [5, 5.41) is 1.09. The SMILES string of the molecule is Cc1nc2cc(N3CCOC4CCCC43)c(N)cc2s1. The number of hydrogen-bond donors (Lipinski definition) is 1. The van der Waals surface area contributed by atoms with Gasteiger partial charge in [0.25, 0.3) is 0 Å². The molecule has 1 aromatic heterocycles. The number of fused-ring (bicyclic) bond motifs is 2. The summed E-state index contributed by atoms with van der Waals surface area (Å²) >= 11 is 1.71. The summed E-state index contributed by atoms with van der Waals surface area (Å²) in [7, 11) is 0. The van der Waals surface area contributed by atoms with E-state index in [9.17, 15) is 0 Å². The molecule has 0 amide bonds. The average molecular weight is 289 g/mol. The number of rotatable bonds is 1. The van der Waals surface area contributed by atoms with Crippen LogP contribution in [-0.2, 0) is 4.74 Å². The maximum atomic E-state index is 6.31. The molecule has 0 radical (unpaired) electrons. The molecule has 5 heteroatoms. The number of aromatic nitrogens is 1. The standard InChI is InChI=1S/C15H19N3OS/c1-9-17-11-8-13(10(16)7-15(11)20-9)18-5-6-19-14-4-2-3-12(14)18/h7-8,12,14H,2-6,16H2,1H3. The Morgan fingerprint density at radius 1 is 1.40 bits per heavy atom. The third-order valence-electron chi connectivity index (χ3n) is 4.44. The molecule has 4 nitrogen and oxygen atoms in total. The number of ether oxygens (including phenoxy) is 1. The highest BCUT2D eigenvalue weighted by Gasteiger charge is 2.36. The molecule has 2 unspecified atom stereocenters. The van der Waals surface area contributed by atoms with Crippen molar-refractivity contribution in [1.82, 2.24) is 4.98 Å². The molecule has 2 N–H and O–H groups in total. The van der Waals surface area contributed by atoms with E-state index in [4.69, 9.17) is 10.5 Å². The van der Waals surface area contributed by atoms with Gasteiger partial charge < -0.3 is 15.4 Å². The highest BCUT2D eigenvalue weighted by atomic mass is 32.1. The van der Waals surface area contributed by atoms with Crippen molar-refractivity contribution in [3.8, 4) is 0 Å². The van der Waals surface area contributed by atoms with Crippen molar-refractivity contribution in [3.05, 3.63) is 17.1 Å². The molecular weight excluding hydrogens is 270 g/mol. The van der Waals surface area contributed by atoms with Crippen molar-refractivity contribution in [1.29, 1.82) is 0 Å². The topological polar surface area (TPSA) is 51.4 Å². The number of hydrogen-bond acceptors (Lipinski definition) is 5. The second kappa shape index (κ2) is 4.60. The predicted octanol–water partition coefficient (Wildman–Crippen LogP) is 2.94. The summed E-state index contributed by atoms with van der Waals surface area (Å²) in [5.41, 5.74) is 9.38. The zero-order chi connectivity index (χ0) is 13.7. The monoisotopic (exact) mass is 289 g/mol. The van der Waals surface area contributed by atoms with Crippen LogP contribution in [0.15, 0.2) is 12.1 Å². The Morgan fingerprint density at radius 3 is 3.20 bits per heavy atom. The van der Waals surface area contributed by atoms with Crippen LogP contribution in [0.2, 0.25) is 0 Å². The lowest BCUT2D eigenvalue weighted by Crippen LogP contribution is -2.48. The largest absolute Gasteiger partial charge is 0.397 e. The number of benzene rings is 1. The molecule has 20 heavy (non-hydrogen) atoms. The summed E-state index contributed by atoms with van der Waals surface area (Å²) < 4.78 is 7.07. The first-order chi connectivity index (χ1) is 9.72. The zero-order valence-corrected chi connectivity index (χ0v) is 12.4. The Balaban J connectivity index is 1.78. The van der Waals surface area contributed by atoms with Gasteiger partial charge >= 0.3 is 0 Å². The van der Waals surface area contributed by atoms with E-state index >= 15 is 0 Å². The molecule has 2 atom stereocenters. The molecule has 1 aromatic carbocycles. The van der Waals surface area contributed by atoms with Gasteiger partial charge in [-0.2, -0.15) is 0 Å². The van der Waals surface area contributed by atoms with Gasteiger partial charge in [0.2, 0.25) is 0 Å². The summed E-state index contributed by atoms with van der Waals surface area (Å²) in [6, 6.07) is 4.73. The minimum atomic E-state index is 0.385. The van der Waals surface area contributed by atoms with Crippen LogP contribution in [0.4, 0.5) is 11.4 Å². The Kier molecular flexibility index (Phi) is 2.86. The van der Waals surface area contributed by atoms with E-state index in [0.29, 0.717) is 12.1 Å². The van der Waals surface area contributed by atoms with Crippen LogP contribution in [0.1, 0.15) is 24.3 Å². The first-order valence-corrected chi connectivity index (χ1v) is 8.09. The molecule has 4 rings (SSSR count). The predicted molar refractivity (Wildman–Crippen MR) is 83.5 cm³/mol. The molecule has 2 heterocycles. The lowest BCUT2D eigenvalue weighted by Gasteiger charge is -2.39. The van der Waals surface area contributed by atoms with E-state index in [1.54, 1.807) is 11.3 Å². The van der Waals surface area contributed by atoms with Crippen LogP contribution in [0.25, 0.3) is 10.2 Å². The average Bonchev–Trinajstić information content (AvgIpc) is 3.02. The van der Waals surface area contributed by atoms with Gasteiger partial charge in [-0.1, -0.05) is 0 Å². The maximum absolute atomic E-state index is 6.31. The summed E-state index contributed by atoms with van der Waals surface area (Å²) in [4.78, 5) is 7.05. The van der Waals surface area contributed by atoms with E-state index in [0.717, 1.165) is 35.1 Å². The third kappa shape index (κ3) is 1.88. The van der Waals surface area contributed by atoms with Crippen LogP contribution in [-0.4, -0.2) is 30.3 Å². The molecule has 1 saturated heterocycles. The van der Waals surface area contributed by atoms with E-state index in [1.807, 2.05) is 6.92 Å². The summed E-state index contributed by atoms with van der Waals surface area (Å²) in [5.74, 6) is 0. The molecule has 1 aliphatic carbocycles. The van der Waals surface area contributed by atoms with Crippen molar-refractivity contribution in [2.24, 2.45) is 0 Å². The fourth-order valence-electron chi connectivity index (χ4n) is 3.57. The fourth-order valence-corrected chi connectivity index (χ4v) is 4.42. The van der Waals surface area contributed by atoms with Gasteiger partial charge in [0.15, 0.2) is 0 Å². The summed E-state index contributed by atoms with van der Waals surface area (Å²) in [6.45, 7) is 3.77. The number of nitrogens with zero attached hydrogens (tertiary/aromatic N) is 2. The van der Waals surface area contributed by atoms with Gasteiger partial charge in [0.05, 0.1) is 45.4 Å². The van der Waals surface area contributed by atoms with Gasteiger partial charge in [-0.3, -0.25) is 0 Å². The quantitative estimate of drug-likeness (QED) is 0.820.